The molecule has 0 radical (unpaired) electrons. The van der Waals surface area contributed by atoms with E-state index < -0.39 is 0 Å². The van der Waals surface area contributed by atoms with E-state index in [0.717, 1.165) is 0 Å². The zero-order chi connectivity index (χ0) is 13.4. The van der Waals surface area contributed by atoms with Crippen molar-refractivity contribution in [3.05, 3.63) is 47.0 Å². The maximum absolute atomic E-state index is 12.3. The second kappa shape index (κ2) is 4.20. The molecule has 19 heavy (non-hydrogen) atoms. The van der Waals surface area contributed by atoms with Crippen LogP contribution >= 0.6 is 0 Å². The first-order valence-corrected chi connectivity index (χ1v) is 5.73. The highest BCUT2D eigenvalue weighted by Gasteiger charge is 2.07. The number of benzene rings is 1. The van der Waals surface area contributed by atoms with Gasteiger partial charge < -0.3 is 5.73 Å². The molecule has 7 nitrogen and oxygen atoms in total. The first-order valence-electron chi connectivity index (χ1n) is 5.73. The maximum atomic E-state index is 12.3. The highest BCUT2D eigenvalue weighted by molar-refractivity contribution is 5.80. The summed E-state index contributed by atoms with van der Waals surface area (Å²) < 4.78 is 3.11. The highest BCUT2D eigenvalue weighted by atomic mass is 16.1. The molecule has 0 fully saturated rings. The van der Waals surface area contributed by atoms with Gasteiger partial charge in [0.1, 0.15) is 12.2 Å². The molecule has 7 heteroatoms. The fourth-order valence-corrected chi connectivity index (χ4v) is 1.90. The molecule has 2 heterocycles. The van der Waals surface area contributed by atoms with Gasteiger partial charge in [-0.2, -0.15) is 5.10 Å². The number of aryl methyl sites for hydroxylation is 1. The van der Waals surface area contributed by atoms with Crippen LogP contribution in [0.1, 0.15) is 5.82 Å². The van der Waals surface area contributed by atoms with Crippen LogP contribution in [0.5, 0.6) is 0 Å². The Hall–Kier alpha value is -2.70. The number of aromatic nitrogens is 5. The Labute approximate surface area is 108 Å². The number of nitrogens with zero attached hydrogens (tertiary/aromatic N) is 5. The van der Waals surface area contributed by atoms with Crippen molar-refractivity contribution in [2.75, 3.05) is 5.73 Å². The molecule has 0 saturated heterocycles. The lowest BCUT2D eigenvalue weighted by Crippen LogP contribution is -2.22. The van der Waals surface area contributed by atoms with Gasteiger partial charge in [0.2, 0.25) is 0 Å². The van der Waals surface area contributed by atoms with E-state index in [-0.39, 0.29) is 5.56 Å². The molecular weight excluding hydrogens is 244 g/mol. The number of anilines is 1. The van der Waals surface area contributed by atoms with Crippen LogP contribution in [0.2, 0.25) is 0 Å². The Morgan fingerprint density at radius 2 is 2.16 bits per heavy atom. The summed E-state index contributed by atoms with van der Waals surface area (Å²) in [5, 5.41) is 4.47. The molecule has 0 aliphatic heterocycles. The number of nitrogens with two attached hydrogens (primary N) is 1. The molecule has 96 valence electrons. The van der Waals surface area contributed by atoms with E-state index in [4.69, 9.17) is 5.73 Å². The minimum absolute atomic E-state index is 0.139. The van der Waals surface area contributed by atoms with Gasteiger partial charge in [-0.1, -0.05) is 0 Å². The molecular formula is C12H12N6O. The van der Waals surface area contributed by atoms with Crippen molar-refractivity contribution < 1.29 is 0 Å². The van der Waals surface area contributed by atoms with Crippen LogP contribution in [0.15, 0.2) is 35.6 Å². The smallest absolute Gasteiger partial charge is 0.261 e. The third-order valence-electron chi connectivity index (χ3n) is 2.96. The largest absolute Gasteiger partial charge is 0.399 e. The Bertz CT molecular complexity index is 803. The van der Waals surface area contributed by atoms with Crippen molar-refractivity contribution in [2.45, 2.75) is 6.54 Å². The van der Waals surface area contributed by atoms with E-state index in [2.05, 4.69) is 15.1 Å². The quantitative estimate of drug-likeness (QED) is 0.659. The molecule has 3 aromatic rings. The van der Waals surface area contributed by atoms with Gasteiger partial charge in [0.25, 0.3) is 5.56 Å². The summed E-state index contributed by atoms with van der Waals surface area (Å²) in [6.45, 7) is 0.326. The van der Waals surface area contributed by atoms with Gasteiger partial charge in [-0.05, 0) is 18.2 Å². The van der Waals surface area contributed by atoms with Crippen LogP contribution in [0.3, 0.4) is 0 Å². The molecule has 3 rings (SSSR count). The van der Waals surface area contributed by atoms with Crippen molar-refractivity contribution in [2.24, 2.45) is 7.05 Å². The molecule has 0 aliphatic rings. The van der Waals surface area contributed by atoms with Crippen molar-refractivity contribution in [3.63, 3.8) is 0 Å². The Morgan fingerprint density at radius 1 is 1.32 bits per heavy atom. The van der Waals surface area contributed by atoms with Crippen LogP contribution in [0.4, 0.5) is 5.69 Å². The maximum Gasteiger partial charge on any atom is 0.261 e. The minimum Gasteiger partial charge on any atom is -0.399 e. The Morgan fingerprint density at radius 3 is 2.89 bits per heavy atom. The molecule has 0 amide bonds. The molecule has 0 bridgehead atoms. The van der Waals surface area contributed by atoms with Gasteiger partial charge >= 0.3 is 0 Å². The standard InChI is InChI=1S/C12H12N6O/c1-17-11(14-6-16-17)5-18-7-15-10-3-2-8(13)4-9(10)12(18)19/h2-4,6-7H,5,13H2,1H3. The molecule has 2 aromatic heterocycles. The third kappa shape index (κ3) is 1.95. The van der Waals surface area contributed by atoms with E-state index in [1.165, 1.54) is 17.2 Å². The zero-order valence-corrected chi connectivity index (χ0v) is 10.3. The Balaban J connectivity index is 2.13. The first kappa shape index (κ1) is 11.4. The van der Waals surface area contributed by atoms with E-state index in [1.54, 1.807) is 29.9 Å². The second-order valence-corrected chi connectivity index (χ2v) is 4.25. The number of hydrogen-bond acceptors (Lipinski definition) is 5. The van der Waals surface area contributed by atoms with Crippen molar-refractivity contribution in [1.29, 1.82) is 0 Å². The lowest BCUT2D eigenvalue weighted by molar-refractivity contribution is 0.637. The van der Waals surface area contributed by atoms with Crippen LogP contribution < -0.4 is 11.3 Å². The topological polar surface area (TPSA) is 91.6 Å². The monoisotopic (exact) mass is 256 g/mol. The SMILES string of the molecule is Cn1ncnc1Cn1cnc2ccc(N)cc2c1=O. The third-order valence-corrected chi connectivity index (χ3v) is 2.96. The van der Waals surface area contributed by atoms with E-state index in [1.807, 2.05) is 0 Å². The number of hydrogen-bond donors (Lipinski definition) is 1. The fourth-order valence-electron chi connectivity index (χ4n) is 1.90. The number of nitrogen functional groups attached to an aromatic ring is 1. The predicted molar refractivity (Wildman–Crippen MR) is 70.5 cm³/mol. The molecule has 2 N–H and O–H groups in total. The lowest BCUT2D eigenvalue weighted by atomic mass is 10.2. The summed E-state index contributed by atoms with van der Waals surface area (Å²) in [6, 6.07) is 5.10. The zero-order valence-electron chi connectivity index (χ0n) is 10.3. The summed E-state index contributed by atoms with van der Waals surface area (Å²) in [4.78, 5) is 20.7. The average Bonchev–Trinajstić information content (AvgIpc) is 2.79. The summed E-state index contributed by atoms with van der Waals surface area (Å²) >= 11 is 0. The van der Waals surface area contributed by atoms with Crippen LogP contribution in [-0.2, 0) is 13.6 Å². The molecule has 0 aliphatic carbocycles. The van der Waals surface area contributed by atoms with Crippen molar-refractivity contribution in [1.82, 2.24) is 24.3 Å². The van der Waals surface area contributed by atoms with Gasteiger partial charge in [-0.15, -0.1) is 0 Å². The highest BCUT2D eigenvalue weighted by Crippen LogP contribution is 2.11. The van der Waals surface area contributed by atoms with Crippen molar-refractivity contribution in [3.8, 4) is 0 Å². The average molecular weight is 256 g/mol. The Kier molecular flexibility index (Phi) is 2.52. The van der Waals surface area contributed by atoms with E-state index >= 15 is 0 Å². The molecule has 1 aromatic carbocycles. The van der Waals surface area contributed by atoms with Crippen LogP contribution in [-0.4, -0.2) is 24.3 Å². The van der Waals surface area contributed by atoms with Crippen LogP contribution in [0.25, 0.3) is 10.9 Å². The molecule has 0 unspecified atom stereocenters. The molecule has 0 atom stereocenters. The first-order chi connectivity index (χ1) is 9.15. The van der Waals surface area contributed by atoms with Gasteiger partial charge in [-0.25, -0.2) is 9.97 Å². The van der Waals surface area contributed by atoms with E-state index in [9.17, 15) is 4.79 Å². The van der Waals surface area contributed by atoms with Crippen LogP contribution in [0, 0.1) is 0 Å². The van der Waals surface area contributed by atoms with Gasteiger partial charge in [-0.3, -0.25) is 14.0 Å². The molecule has 0 saturated carbocycles. The summed E-state index contributed by atoms with van der Waals surface area (Å²) in [7, 11) is 1.78. The predicted octanol–water partition coefficient (Wildman–Crippen LogP) is 0.155. The minimum atomic E-state index is -0.139. The fraction of sp³-hybridized carbons (Fsp3) is 0.167. The lowest BCUT2D eigenvalue weighted by Gasteiger charge is -2.06. The summed E-state index contributed by atoms with van der Waals surface area (Å²) in [5.41, 5.74) is 6.74. The normalized spacial score (nSPS) is 11.0. The van der Waals surface area contributed by atoms with Gasteiger partial charge in [0.05, 0.1) is 23.8 Å². The van der Waals surface area contributed by atoms with E-state index in [0.29, 0.717) is 29.0 Å². The number of rotatable bonds is 2. The summed E-state index contributed by atoms with van der Waals surface area (Å²) in [5.74, 6) is 0.687. The summed E-state index contributed by atoms with van der Waals surface area (Å²) in [6.07, 6.45) is 2.96. The van der Waals surface area contributed by atoms with Crippen molar-refractivity contribution >= 4 is 16.6 Å². The second-order valence-electron chi connectivity index (χ2n) is 4.25. The van der Waals surface area contributed by atoms with Gasteiger partial charge in [0.15, 0.2) is 0 Å². The number of fused-ring (bicyclic) bond motifs is 1. The van der Waals surface area contributed by atoms with Gasteiger partial charge in [0, 0.05) is 12.7 Å². The molecule has 0 spiro atoms.